The van der Waals surface area contributed by atoms with Gasteiger partial charge in [0.25, 0.3) is 5.91 Å². The molecule has 1 aliphatic rings. The third-order valence-electron chi connectivity index (χ3n) is 3.57. The van der Waals surface area contributed by atoms with Gasteiger partial charge in [-0.05, 0) is 30.5 Å². The van der Waals surface area contributed by atoms with Crippen molar-refractivity contribution >= 4 is 5.91 Å². The Labute approximate surface area is 119 Å². The highest BCUT2D eigenvalue weighted by Gasteiger charge is 2.27. The predicted octanol–water partition coefficient (Wildman–Crippen LogP) is 0.873. The van der Waals surface area contributed by atoms with Crippen molar-refractivity contribution in [2.75, 3.05) is 19.7 Å². The average molecular weight is 273 g/mol. The van der Waals surface area contributed by atoms with Crippen molar-refractivity contribution in [3.8, 4) is 11.8 Å². The van der Waals surface area contributed by atoms with Gasteiger partial charge in [0.15, 0.2) is 0 Å². The summed E-state index contributed by atoms with van der Waals surface area (Å²) < 4.78 is 0. The summed E-state index contributed by atoms with van der Waals surface area (Å²) in [6.45, 7) is 2.91. The molecule has 0 spiro atoms. The molecule has 1 aromatic rings. The molecule has 2 rings (SSSR count). The summed E-state index contributed by atoms with van der Waals surface area (Å²) in [5.74, 6) is 5.44. The molecule has 0 radical (unpaired) electrons. The van der Waals surface area contributed by atoms with Gasteiger partial charge in [0.2, 0.25) is 0 Å². The number of carbonyl (C=O) groups excluding carboxylic acids is 1. The van der Waals surface area contributed by atoms with Gasteiger partial charge in [-0.3, -0.25) is 4.79 Å². The minimum atomic E-state index is -0.319. The van der Waals surface area contributed by atoms with E-state index in [1.807, 2.05) is 13.0 Å². The smallest absolute Gasteiger partial charge is 0.253 e. The molecule has 4 heteroatoms. The molecule has 1 aliphatic heterocycles. The van der Waals surface area contributed by atoms with E-state index in [0.717, 1.165) is 5.56 Å². The van der Waals surface area contributed by atoms with E-state index < -0.39 is 0 Å². The number of carbonyl (C=O) groups is 1. The van der Waals surface area contributed by atoms with Crippen molar-refractivity contribution in [3.05, 3.63) is 35.4 Å². The average Bonchev–Trinajstić information content (AvgIpc) is 2.47. The van der Waals surface area contributed by atoms with Crippen molar-refractivity contribution < 1.29 is 15.0 Å². The number of nitrogens with zero attached hydrogens (tertiary/aromatic N) is 1. The summed E-state index contributed by atoms with van der Waals surface area (Å²) >= 11 is 0. The van der Waals surface area contributed by atoms with Crippen molar-refractivity contribution in [1.29, 1.82) is 0 Å². The second-order valence-electron chi connectivity index (χ2n) is 5.13. The molecule has 2 unspecified atom stereocenters. The van der Waals surface area contributed by atoms with Crippen LogP contribution in [0.5, 0.6) is 0 Å². The van der Waals surface area contributed by atoms with E-state index in [0.29, 0.717) is 25.1 Å². The third-order valence-corrected chi connectivity index (χ3v) is 3.57. The van der Waals surface area contributed by atoms with Crippen LogP contribution in [0, 0.1) is 17.8 Å². The van der Waals surface area contributed by atoms with E-state index in [1.54, 1.807) is 23.1 Å². The first-order valence-electron chi connectivity index (χ1n) is 6.79. The third kappa shape index (κ3) is 3.38. The van der Waals surface area contributed by atoms with E-state index in [4.69, 9.17) is 5.11 Å². The highest BCUT2D eigenvalue weighted by molar-refractivity contribution is 5.94. The summed E-state index contributed by atoms with van der Waals surface area (Å²) in [6.07, 6.45) is 0.303. The Morgan fingerprint density at radius 2 is 2.30 bits per heavy atom. The number of aliphatic hydroxyl groups is 2. The van der Waals surface area contributed by atoms with Gasteiger partial charge in [0.1, 0.15) is 6.61 Å². The van der Waals surface area contributed by atoms with Gasteiger partial charge < -0.3 is 15.1 Å². The van der Waals surface area contributed by atoms with Gasteiger partial charge >= 0.3 is 0 Å². The molecule has 2 N–H and O–H groups in total. The standard InChI is InChI=1S/C16H19NO3/c1-12-11-17(8-7-15(12)19)16(20)14-6-2-4-13(10-14)5-3-9-18/h2,4,6,10,12,15,18-19H,7-9,11H2,1H3. The Balaban J connectivity index is 2.13. The van der Waals surface area contributed by atoms with E-state index >= 15 is 0 Å². The minimum Gasteiger partial charge on any atom is -0.393 e. The SMILES string of the molecule is CC1CN(C(=O)c2cccc(C#CCO)c2)CCC1O. The highest BCUT2D eigenvalue weighted by Crippen LogP contribution is 2.19. The number of rotatable bonds is 1. The molecule has 20 heavy (non-hydrogen) atoms. The lowest BCUT2D eigenvalue weighted by molar-refractivity contribution is 0.0297. The van der Waals surface area contributed by atoms with Crippen molar-refractivity contribution in [3.63, 3.8) is 0 Å². The quantitative estimate of drug-likeness (QED) is 0.747. The summed E-state index contributed by atoms with van der Waals surface area (Å²) in [7, 11) is 0. The Hall–Kier alpha value is -1.83. The highest BCUT2D eigenvalue weighted by atomic mass is 16.3. The van der Waals surface area contributed by atoms with Crippen LogP contribution in [0.3, 0.4) is 0 Å². The van der Waals surface area contributed by atoms with E-state index in [-0.39, 0.29) is 24.5 Å². The van der Waals surface area contributed by atoms with Crippen LogP contribution in [0.25, 0.3) is 0 Å². The van der Waals surface area contributed by atoms with Gasteiger partial charge in [0, 0.05) is 24.2 Å². The van der Waals surface area contributed by atoms with Crippen molar-refractivity contribution in [2.45, 2.75) is 19.4 Å². The molecule has 0 saturated carbocycles. The topological polar surface area (TPSA) is 60.8 Å². The maximum absolute atomic E-state index is 12.4. The second kappa shape index (κ2) is 6.56. The molecule has 1 saturated heterocycles. The maximum atomic E-state index is 12.4. The first-order chi connectivity index (χ1) is 9.61. The Morgan fingerprint density at radius 3 is 3.00 bits per heavy atom. The molecule has 1 heterocycles. The molecule has 1 amide bonds. The number of hydrogen-bond donors (Lipinski definition) is 2. The number of hydrogen-bond acceptors (Lipinski definition) is 3. The first kappa shape index (κ1) is 14.6. The number of piperidine rings is 1. The van der Waals surface area contributed by atoms with E-state index in [2.05, 4.69) is 11.8 Å². The molecular formula is C16H19NO3. The number of benzene rings is 1. The molecule has 0 aromatic heterocycles. The lowest BCUT2D eigenvalue weighted by atomic mass is 9.96. The van der Waals surface area contributed by atoms with Crippen molar-refractivity contribution in [1.82, 2.24) is 4.90 Å². The molecule has 1 aromatic carbocycles. The fraction of sp³-hybridized carbons (Fsp3) is 0.438. The van der Waals surface area contributed by atoms with Crippen molar-refractivity contribution in [2.24, 2.45) is 5.92 Å². The minimum absolute atomic E-state index is 0.0311. The van der Waals surface area contributed by atoms with Gasteiger partial charge in [-0.2, -0.15) is 0 Å². The monoisotopic (exact) mass is 273 g/mol. The van der Waals surface area contributed by atoms with Crippen LogP contribution in [-0.2, 0) is 0 Å². The van der Waals surface area contributed by atoms with E-state index in [9.17, 15) is 9.90 Å². The zero-order valence-electron chi connectivity index (χ0n) is 11.5. The molecular weight excluding hydrogens is 254 g/mol. The van der Waals surface area contributed by atoms with Crippen LogP contribution in [-0.4, -0.2) is 46.8 Å². The van der Waals surface area contributed by atoms with Crippen LogP contribution >= 0.6 is 0 Å². The fourth-order valence-corrected chi connectivity index (χ4v) is 2.37. The zero-order chi connectivity index (χ0) is 14.5. The Bertz CT molecular complexity index is 544. The molecule has 0 bridgehead atoms. The Morgan fingerprint density at radius 1 is 1.50 bits per heavy atom. The zero-order valence-corrected chi connectivity index (χ0v) is 11.5. The Kier molecular flexibility index (Phi) is 4.78. The summed E-state index contributed by atoms with van der Waals surface area (Å²) in [4.78, 5) is 14.2. The summed E-state index contributed by atoms with van der Waals surface area (Å²) in [5, 5.41) is 18.4. The van der Waals surface area contributed by atoms with Crippen LogP contribution in [0.2, 0.25) is 0 Å². The summed E-state index contributed by atoms with van der Waals surface area (Å²) in [6, 6.07) is 7.10. The largest absolute Gasteiger partial charge is 0.393 e. The lowest BCUT2D eigenvalue weighted by Crippen LogP contribution is -2.44. The normalized spacial score (nSPS) is 22.1. The molecule has 2 atom stereocenters. The number of likely N-dealkylation sites (tertiary alicyclic amines) is 1. The van der Waals surface area contributed by atoms with Gasteiger partial charge in [-0.1, -0.05) is 24.8 Å². The summed E-state index contributed by atoms with van der Waals surface area (Å²) in [5.41, 5.74) is 1.31. The second-order valence-corrected chi connectivity index (χ2v) is 5.13. The van der Waals surface area contributed by atoms with Crippen LogP contribution in [0.1, 0.15) is 29.3 Å². The number of amides is 1. The molecule has 1 fully saturated rings. The molecule has 0 aliphatic carbocycles. The van der Waals surface area contributed by atoms with Gasteiger partial charge in [0.05, 0.1) is 6.10 Å². The molecule has 106 valence electrons. The van der Waals surface area contributed by atoms with Crippen LogP contribution in [0.15, 0.2) is 24.3 Å². The van der Waals surface area contributed by atoms with Gasteiger partial charge in [-0.25, -0.2) is 0 Å². The van der Waals surface area contributed by atoms with Crippen LogP contribution in [0.4, 0.5) is 0 Å². The lowest BCUT2D eigenvalue weighted by Gasteiger charge is -2.34. The van der Waals surface area contributed by atoms with E-state index in [1.165, 1.54) is 0 Å². The predicted molar refractivity (Wildman–Crippen MR) is 76.1 cm³/mol. The first-order valence-corrected chi connectivity index (χ1v) is 6.79. The van der Waals surface area contributed by atoms with Gasteiger partial charge in [-0.15, -0.1) is 0 Å². The fourth-order valence-electron chi connectivity index (χ4n) is 2.37. The number of aliphatic hydroxyl groups excluding tert-OH is 2. The van der Waals surface area contributed by atoms with Crippen LogP contribution < -0.4 is 0 Å². The maximum Gasteiger partial charge on any atom is 0.253 e. The molecule has 4 nitrogen and oxygen atoms in total.